The summed E-state index contributed by atoms with van der Waals surface area (Å²) in [6.07, 6.45) is 6.02. The van der Waals surface area contributed by atoms with Crippen molar-refractivity contribution >= 4 is 45.4 Å². The molecule has 4 aromatic heterocycles. The van der Waals surface area contributed by atoms with Gasteiger partial charge in [0.25, 0.3) is 0 Å². The number of amides is 1. The number of anilines is 3. The van der Waals surface area contributed by atoms with Crippen LogP contribution >= 0.6 is 0 Å². The number of rotatable bonds is 6. The van der Waals surface area contributed by atoms with Gasteiger partial charge in [0, 0.05) is 38.8 Å². The van der Waals surface area contributed by atoms with Gasteiger partial charge in [0.2, 0.25) is 5.91 Å². The summed E-state index contributed by atoms with van der Waals surface area (Å²) in [4.78, 5) is 38.5. The Labute approximate surface area is 241 Å². The summed E-state index contributed by atoms with van der Waals surface area (Å²) in [5.74, 6) is 1.30. The lowest BCUT2D eigenvalue weighted by molar-refractivity contribution is -0.131. The number of imidazole rings is 1. The fourth-order valence-electron chi connectivity index (χ4n) is 5.24. The van der Waals surface area contributed by atoms with Gasteiger partial charge in [-0.2, -0.15) is 0 Å². The molecule has 42 heavy (non-hydrogen) atoms. The third-order valence-corrected chi connectivity index (χ3v) is 7.41. The molecule has 0 spiro atoms. The van der Waals surface area contributed by atoms with Crippen LogP contribution in [0.4, 0.5) is 21.7 Å². The molecule has 0 unspecified atom stereocenters. The lowest BCUT2D eigenvalue weighted by Crippen LogP contribution is -2.61. The number of hydrogen-bond donors (Lipinski definition) is 1. The highest BCUT2D eigenvalue weighted by Crippen LogP contribution is 2.33. The highest BCUT2D eigenvalue weighted by Gasteiger charge is 2.36. The summed E-state index contributed by atoms with van der Waals surface area (Å²) in [5.41, 5.74) is 3.05. The summed E-state index contributed by atoms with van der Waals surface area (Å²) in [5, 5.41) is 3.10. The molecule has 6 rings (SSSR count). The first-order chi connectivity index (χ1) is 20.1. The van der Waals surface area contributed by atoms with Crippen molar-refractivity contribution in [2.24, 2.45) is 7.05 Å². The summed E-state index contributed by atoms with van der Waals surface area (Å²) < 4.78 is 23.1. The molecule has 1 fully saturated rings. The van der Waals surface area contributed by atoms with Crippen molar-refractivity contribution in [3.63, 3.8) is 0 Å². The number of ether oxygens (including phenoxy) is 1. The number of carbonyl (C=O) groups excluding carboxylic acids is 1. The Morgan fingerprint density at radius 2 is 1.95 bits per heavy atom. The minimum atomic E-state index is -0.518. The smallest absolute Gasteiger partial charge is 0.246 e. The van der Waals surface area contributed by atoms with Crippen LogP contribution in [0.2, 0.25) is 0 Å². The van der Waals surface area contributed by atoms with E-state index in [4.69, 9.17) is 9.72 Å². The van der Waals surface area contributed by atoms with Crippen LogP contribution in [-0.4, -0.2) is 65.5 Å². The molecule has 0 radical (unpaired) electrons. The van der Waals surface area contributed by atoms with Gasteiger partial charge >= 0.3 is 0 Å². The van der Waals surface area contributed by atoms with Crippen molar-refractivity contribution in [3.05, 3.63) is 73.2 Å². The van der Waals surface area contributed by atoms with Crippen molar-refractivity contribution in [2.45, 2.75) is 26.3 Å². The molecule has 5 heterocycles. The Morgan fingerprint density at radius 1 is 1.12 bits per heavy atom. The van der Waals surface area contributed by atoms with Crippen molar-refractivity contribution in [1.82, 2.24) is 34.4 Å². The molecule has 1 aliphatic heterocycles. The first-order valence-electron chi connectivity index (χ1n) is 13.5. The maximum absolute atomic E-state index is 15.4. The molecule has 5 aromatic rings. The third-order valence-electron chi connectivity index (χ3n) is 7.41. The van der Waals surface area contributed by atoms with E-state index in [1.807, 2.05) is 49.4 Å². The maximum atomic E-state index is 15.4. The average molecular weight is 568 g/mol. The number of fused-ring (bicyclic) bond motifs is 2. The number of aryl methyl sites for hydroxylation is 2. The van der Waals surface area contributed by atoms with Gasteiger partial charge in [-0.05, 0) is 50.6 Å². The zero-order valence-electron chi connectivity index (χ0n) is 23.8. The van der Waals surface area contributed by atoms with Crippen LogP contribution in [0.3, 0.4) is 0 Å². The SMILES string of the molecule is C=CC(=O)N1CCN(c2ccc3ncnc(Nc4cc(C)c(Oc5cnc6c(c5)ncn6C)cc4F)c3n2)CC1(C)C. The van der Waals surface area contributed by atoms with Crippen molar-refractivity contribution in [1.29, 1.82) is 0 Å². The van der Waals surface area contributed by atoms with Crippen LogP contribution in [0.1, 0.15) is 19.4 Å². The molecular weight excluding hydrogens is 537 g/mol. The van der Waals surface area contributed by atoms with E-state index < -0.39 is 11.4 Å². The standard InChI is InChI=1S/C30H30FN9O2/c1-6-26(41)40-10-9-39(15-30(40,3)4)25-8-7-21-27(37-25)28(34-16-33-21)36-22-11-18(2)24(13-20(22)31)42-19-12-23-29(32-14-19)38(5)17-35-23/h6-8,11-14,16-17H,1,9-10,15H2,2-5H3,(H,33,34,36). The number of aromatic nitrogens is 6. The molecule has 1 aromatic carbocycles. The molecule has 1 saturated heterocycles. The molecule has 214 valence electrons. The van der Waals surface area contributed by atoms with Gasteiger partial charge < -0.3 is 24.4 Å². The molecule has 12 heteroatoms. The molecule has 11 nitrogen and oxygen atoms in total. The van der Waals surface area contributed by atoms with Crippen LogP contribution in [0, 0.1) is 12.7 Å². The first kappa shape index (κ1) is 27.1. The average Bonchev–Trinajstić information content (AvgIpc) is 3.34. The topological polar surface area (TPSA) is 114 Å². The van der Waals surface area contributed by atoms with E-state index in [0.29, 0.717) is 59.1 Å². The number of nitrogens with one attached hydrogen (secondary N) is 1. The van der Waals surface area contributed by atoms with E-state index in [-0.39, 0.29) is 11.6 Å². The highest BCUT2D eigenvalue weighted by molar-refractivity contribution is 5.89. The van der Waals surface area contributed by atoms with Crippen LogP contribution in [0.15, 0.2) is 61.8 Å². The quantitative estimate of drug-likeness (QED) is 0.286. The maximum Gasteiger partial charge on any atom is 0.246 e. The molecule has 0 aliphatic carbocycles. The second kappa shape index (κ2) is 10.4. The fraction of sp³-hybridized carbons (Fsp3) is 0.267. The van der Waals surface area contributed by atoms with Crippen LogP contribution in [-0.2, 0) is 11.8 Å². The van der Waals surface area contributed by atoms with Crippen LogP contribution < -0.4 is 15.0 Å². The zero-order chi connectivity index (χ0) is 29.6. The molecule has 0 atom stereocenters. The van der Waals surface area contributed by atoms with E-state index in [1.165, 1.54) is 18.5 Å². The fourth-order valence-corrected chi connectivity index (χ4v) is 5.24. The second-order valence-corrected chi connectivity index (χ2v) is 10.9. The van der Waals surface area contributed by atoms with Crippen molar-refractivity contribution < 1.29 is 13.9 Å². The zero-order valence-corrected chi connectivity index (χ0v) is 23.8. The minimum absolute atomic E-state index is 0.0920. The third kappa shape index (κ3) is 4.95. The Bertz CT molecular complexity index is 1850. The van der Waals surface area contributed by atoms with E-state index in [0.717, 1.165) is 11.5 Å². The summed E-state index contributed by atoms with van der Waals surface area (Å²) in [6, 6.07) is 8.51. The van der Waals surface area contributed by atoms with E-state index in [1.54, 1.807) is 24.7 Å². The Morgan fingerprint density at radius 3 is 2.74 bits per heavy atom. The first-order valence-corrected chi connectivity index (χ1v) is 13.5. The minimum Gasteiger partial charge on any atom is -0.455 e. The molecule has 1 amide bonds. The molecule has 0 bridgehead atoms. The predicted octanol–water partition coefficient (Wildman–Crippen LogP) is 4.90. The Hall–Kier alpha value is -5.13. The highest BCUT2D eigenvalue weighted by atomic mass is 19.1. The number of nitrogens with zero attached hydrogens (tertiary/aromatic N) is 8. The number of piperazine rings is 1. The van der Waals surface area contributed by atoms with Gasteiger partial charge in [-0.15, -0.1) is 0 Å². The van der Waals surface area contributed by atoms with E-state index in [9.17, 15) is 4.79 Å². The molecular formula is C30H30FN9O2. The Kier molecular flexibility index (Phi) is 6.68. The van der Waals surface area contributed by atoms with Crippen LogP contribution in [0.5, 0.6) is 11.5 Å². The predicted molar refractivity (Wildman–Crippen MR) is 159 cm³/mol. The molecule has 0 saturated carbocycles. The van der Waals surface area contributed by atoms with Gasteiger partial charge in [0.15, 0.2) is 11.5 Å². The largest absolute Gasteiger partial charge is 0.455 e. The van der Waals surface area contributed by atoms with E-state index >= 15 is 4.39 Å². The Balaban J connectivity index is 1.26. The number of halogens is 1. The number of carbonyl (C=O) groups is 1. The molecule has 1 N–H and O–H groups in total. The van der Waals surface area contributed by atoms with Gasteiger partial charge in [0.1, 0.15) is 40.5 Å². The summed E-state index contributed by atoms with van der Waals surface area (Å²) in [6.45, 7) is 11.2. The van der Waals surface area contributed by atoms with Gasteiger partial charge in [0.05, 0.1) is 29.3 Å². The monoisotopic (exact) mass is 567 g/mol. The molecule has 1 aliphatic rings. The second-order valence-electron chi connectivity index (χ2n) is 10.9. The number of benzene rings is 1. The lowest BCUT2D eigenvalue weighted by Gasteiger charge is -2.47. The lowest BCUT2D eigenvalue weighted by atomic mass is 9.98. The summed E-state index contributed by atoms with van der Waals surface area (Å²) in [7, 11) is 1.86. The normalized spacial score (nSPS) is 14.8. The van der Waals surface area contributed by atoms with Gasteiger partial charge in [-0.25, -0.2) is 29.3 Å². The number of hydrogen-bond acceptors (Lipinski definition) is 9. The van der Waals surface area contributed by atoms with E-state index in [2.05, 4.69) is 36.7 Å². The van der Waals surface area contributed by atoms with Crippen LogP contribution in [0.25, 0.3) is 22.2 Å². The van der Waals surface area contributed by atoms with Gasteiger partial charge in [-0.1, -0.05) is 6.58 Å². The van der Waals surface area contributed by atoms with Crippen molar-refractivity contribution in [2.75, 3.05) is 29.9 Å². The number of pyridine rings is 2. The van der Waals surface area contributed by atoms with Gasteiger partial charge in [-0.3, -0.25) is 4.79 Å². The van der Waals surface area contributed by atoms with Crippen molar-refractivity contribution in [3.8, 4) is 11.5 Å². The summed E-state index contributed by atoms with van der Waals surface area (Å²) >= 11 is 0.